The number of amides is 2. The molecule has 0 saturated carbocycles. The molecule has 0 radical (unpaired) electrons. The molecule has 1 aromatic heterocycles. The van der Waals surface area contributed by atoms with E-state index < -0.39 is 0 Å². The SMILES string of the molecule is CC(=O)N(CCC(=O)Nc1ccc(Cl)cc1C)c1cccc2cccnc12. The second-order valence-corrected chi connectivity index (χ2v) is 6.72. The Kier molecular flexibility index (Phi) is 5.72. The first kappa shape index (κ1) is 18.9. The van der Waals surface area contributed by atoms with Crippen molar-refractivity contribution in [2.75, 3.05) is 16.8 Å². The maximum absolute atomic E-state index is 12.4. The van der Waals surface area contributed by atoms with Crippen LogP contribution in [0.15, 0.2) is 54.7 Å². The van der Waals surface area contributed by atoms with Gasteiger partial charge in [-0.2, -0.15) is 0 Å². The smallest absolute Gasteiger partial charge is 0.226 e. The van der Waals surface area contributed by atoms with Crippen molar-refractivity contribution >= 4 is 45.7 Å². The fourth-order valence-corrected chi connectivity index (χ4v) is 3.17. The van der Waals surface area contributed by atoms with Gasteiger partial charge in [-0.15, -0.1) is 0 Å². The van der Waals surface area contributed by atoms with E-state index in [1.54, 1.807) is 29.3 Å². The molecule has 6 heteroatoms. The second kappa shape index (κ2) is 8.18. The van der Waals surface area contributed by atoms with Gasteiger partial charge in [0.05, 0.1) is 11.2 Å². The van der Waals surface area contributed by atoms with Crippen molar-refractivity contribution in [2.45, 2.75) is 20.3 Å². The fraction of sp³-hybridized carbons (Fsp3) is 0.190. The van der Waals surface area contributed by atoms with Gasteiger partial charge in [0.1, 0.15) is 0 Å². The zero-order valence-electron chi connectivity index (χ0n) is 15.2. The first-order valence-corrected chi connectivity index (χ1v) is 9.01. The molecule has 3 rings (SSSR count). The van der Waals surface area contributed by atoms with E-state index in [1.807, 2.05) is 37.3 Å². The van der Waals surface area contributed by atoms with E-state index in [-0.39, 0.29) is 24.8 Å². The van der Waals surface area contributed by atoms with Gasteiger partial charge in [-0.05, 0) is 42.8 Å². The second-order valence-electron chi connectivity index (χ2n) is 6.28. The van der Waals surface area contributed by atoms with Crippen LogP contribution < -0.4 is 10.2 Å². The Balaban J connectivity index is 1.75. The normalized spacial score (nSPS) is 10.6. The Morgan fingerprint density at radius 2 is 1.93 bits per heavy atom. The molecule has 138 valence electrons. The van der Waals surface area contributed by atoms with Crippen molar-refractivity contribution in [3.63, 3.8) is 0 Å². The van der Waals surface area contributed by atoms with Gasteiger partial charge in [0.25, 0.3) is 0 Å². The zero-order chi connectivity index (χ0) is 19.4. The maximum atomic E-state index is 12.4. The van der Waals surface area contributed by atoms with E-state index in [9.17, 15) is 9.59 Å². The first-order valence-electron chi connectivity index (χ1n) is 8.63. The van der Waals surface area contributed by atoms with Gasteiger partial charge in [0.2, 0.25) is 11.8 Å². The lowest BCUT2D eigenvalue weighted by atomic mass is 10.1. The summed E-state index contributed by atoms with van der Waals surface area (Å²) < 4.78 is 0. The number of nitrogens with one attached hydrogen (secondary N) is 1. The maximum Gasteiger partial charge on any atom is 0.226 e. The van der Waals surface area contributed by atoms with E-state index in [4.69, 9.17) is 11.6 Å². The fourth-order valence-electron chi connectivity index (χ4n) is 2.95. The summed E-state index contributed by atoms with van der Waals surface area (Å²) in [5, 5.41) is 4.44. The number of hydrogen-bond donors (Lipinski definition) is 1. The number of para-hydroxylation sites is 1. The average Bonchev–Trinajstić information content (AvgIpc) is 2.64. The highest BCUT2D eigenvalue weighted by Crippen LogP contribution is 2.25. The molecule has 0 bridgehead atoms. The van der Waals surface area contributed by atoms with Gasteiger partial charge in [-0.3, -0.25) is 14.6 Å². The molecule has 2 amide bonds. The number of aromatic nitrogens is 1. The highest BCUT2D eigenvalue weighted by molar-refractivity contribution is 6.30. The van der Waals surface area contributed by atoms with Crippen molar-refractivity contribution < 1.29 is 9.59 Å². The lowest BCUT2D eigenvalue weighted by molar-refractivity contribution is -0.117. The van der Waals surface area contributed by atoms with Crippen molar-refractivity contribution in [3.05, 3.63) is 65.3 Å². The summed E-state index contributed by atoms with van der Waals surface area (Å²) >= 11 is 5.94. The lowest BCUT2D eigenvalue weighted by Gasteiger charge is -2.22. The number of pyridine rings is 1. The van der Waals surface area contributed by atoms with Crippen LogP contribution in [0.25, 0.3) is 10.9 Å². The number of anilines is 2. The highest BCUT2D eigenvalue weighted by atomic mass is 35.5. The number of aryl methyl sites for hydroxylation is 1. The third-order valence-corrected chi connectivity index (χ3v) is 4.54. The summed E-state index contributed by atoms with van der Waals surface area (Å²) in [5.74, 6) is -0.302. The highest BCUT2D eigenvalue weighted by Gasteiger charge is 2.17. The molecule has 0 aliphatic rings. The van der Waals surface area contributed by atoms with E-state index in [1.165, 1.54) is 6.92 Å². The van der Waals surface area contributed by atoms with Gasteiger partial charge in [-0.1, -0.05) is 29.8 Å². The van der Waals surface area contributed by atoms with Crippen LogP contribution in [0.1, 0.15) is 18.9 Å². The summed E-state index contributed by atoms with van der Waals surface area (Å²) in [6, 6.07) is 14.8. The van der Waals surface area contributed by atoms with Crippen molar-refractivity contribution in [1.82, 2.24) is 4.98 Å². The Bertz CT molecular complexity index is 998. The molecule has 0 spiro atoms. The predicted molar refractivity (Wildman–Crippen MR) is 109 cm³/mol. The topological polar surface area (TPSA) is 62.3 Å². The Hall–Kier alpha value is -2.92. The van der Waals surface area contributed by atoms with Crippen LogP contribution in [0.2, 0.25) is 5.02 Å². The third kappa shape index (κ3) is 4.44. The molecule has 0 aliphatic heterocycles. The number of nitrogens with zero attached hydrogens (tertiary/aromatic N) is 2. The monoisotopic (exact) mass is 381 g/mol. The summed E-state index contributed by atoms with van der Waals surface area (Å²) in [7, 11) is 0. The van der Waals surface area contributed by atoms with Gasteiger partial charge >= 0.3 is 0 Å². The summed E-state index contributed by atoms with van der Waals surface area (Å²) in [6.07, 6.45) is 1.87. The number of hydrogen-bond acceptors (Lipinski definition) is 3. The van der Waals surface area contributed by atoms with Crippen LogP contribution in [-0.4, -0.2) is 23.3 Å². The Morgan fingerprint density at radius 1 is 1.15 bits per heavy atom. The molecule has 5 nitrogen and oxygen atoms in total. The number of carbonyl (C=O) groups is 2. The van der Waals surface area contributed by atoms with E-state index >= 15 is 0 Å². The van der Waals surface area contributed by atoms with Crippen LogP contribution in [0.3, 0.4) is 0 Å². The molecule has 1 N–H and O–H groups in total. The summed E-state index contributed by atoms with van der Waals surface area (Å²) in [5.41, 5.74) is 3.04. The van der Waals surface area contributed by atoms with Gasteiger partial charge in [0, 0.05) is 42.2 Å². The minimum Gasteiger partial charge on any atom is -0.326 e. The standard InChI is InChI=1S/C21H20ClN3O2/c1-14-13-17(22)8-9-18(14)24-20(27)10-12-25(15(2)26)19-7-3-5-16-6-4-11-23-21(16)19/h3-9,11,13H,10,12H2,1-2H3,(H,24,27). The zero-order valence-corrected chi connectivity index (χ0v) is 16.0. The van der Waals surface area contributed by atoms with Crippen molar-refractivity contribution in [3.8, 4) is 0 Å². The van der Waals surface area contributed by atoms with E-state index in [0.29, 0.717) is 16.4 Å². The quantitative estimate of drug-likeness (QED) is 0.703. The number of carbonyl (C=O) groups excluding carboxylic acids is 2. The summed E-state index contributed by atoms with van der Waals surface area (Å²) in [4.78, 5) is 30.6. The predicted octanol–water partition coefficient (Wildman–Crippen LogP) is 4.58. The molecule has 27 heavy (non-hydrogen) atoms. The molecule has 3 aromatic rings. The van der Waals surface area contributed by atoms with Gasteiger partial charge < -0.3 is 10.2 Å². The van der Waals surface area contributed by atoms with Crippen LogP contribution in [0, 0.1) is 6.92 Å². The Labute approximate surface area is 163 Å². The molecule has 0 unspecified atom stereocenters. The van der Waals surface area contributed by atoms with Crippen LogP contribution >= 0.6 is 11.6 Å². The third-order valence-electron chi connectivity index (χ3n) is 4.31. The largest absolute Gasteiger partial charge is 0.326 e. The molecule has 2 aromatic carbocycles. The summed E-state index contributed by atoms with van der Waals surface area (Å²) in [6.45, 7) is 3.64. The van der Waals surface area contributed by atoms with Crippen LogP contribution in [-0.2, 0) is 9.59 Å². The van der Waals surface area contributed by atoms with Gasteiger partial charge in [-0.25, -0.2) is 0 Å². The molecule has 0 aliphatic carbocycles. The van der Waals surface area contributed by atoms with Crippen molar-refractivity contribution in [2.24, 2.45) is 0 Å². The number of rotatable bonds is 5. The van der Waals surface area contributed by atoms with E-state index in [0.717, 1.165) is 16.5 Å². The van der Waals surface area contributed by atoms with Gasteiger partial charge in [0.15, 0.2) is 0 Å². The lowest BCUT2D eigenvalue weighted by Crippen LogP contribution is -2.32. The van der Waals surface area contributed by atoms with Crippen LogP contribution in [0.5, 0.6) is 0 Å². The van der Waals surface area contributed by atoms with Crippen LogP contribution in [0.4, 0.5) is 11.4 Å². The Morgan fingerprint density at radius 3 is 2.67 bits per heavy atom. The first-order chi connectivity index (χ1) is 13.0. The number of halogens is 1. The average molecular weight is 382 g/mol. The molecular weight excluding hydrogens is 362 g/mol. The molecule has 0 saturated heterocycles. The molecule has 1 heterocycles. The van der Waals surface area contributed by atoms with Crippen molar-refractivity contribution in [1.29, 1.82) is 0 Å². The number of fused-ring (bicyclic) bond motifs is 1. The number of benzene rings is 2. The molecule has 0 atom stereocenters. The minimum absolute atomic E-state index is 0.136. The molecular formula is C21H20ClN3O2. The van der Waals surface area contributed by atoms with E-state index in [2.05, 4.69) is 10.3 Å². The minimum atomic E-state index is -0.167. The molecule has 0 fully saturated rings.